The van der Waals surface area contributed by atoms with Crippen molar-refractivity contribution in [1.82, 2.24) is 5.32 Å². The van der Waals surface area contributed by atoms with Gasteiger partial charge in [0.1, 0.15) is 0 Å². The molecule has 1 amide bonds. The minimum atomic E-state index is -3.52. The molecule has 3 aromatic carbocycles. The second kappa shape index (κ2) is 12.3. The molecule has 37 heavy (non-hydrogen) atoms. The second-order valence-corrected chi connectivity index (χ2v) is 10.6. The topological polar surface area (TPSA) is 88.7 Å². The van der Waals surface area contributed by atoms with E-state index in [-0.39, 0.29) is 19.1 Å². The van der Waals surface area contributed by atoms with Gasteiger partial charge in [0, 0.05) is 16.9 Å². The molecule has 0 radical (unpaired) electrons. The maximum Gasteiger partial charge on any atom is 0.361 e. The fourth-order valence-corrected chi connectivity index (χ4v) is 5.89. The minimum absolute atomic E-state index is 0.233. The van der Waals surface area contributed by atoms with Gasteiger partial charge in [0.25, 0.3) is 5.91 Å². The molecule has 0 aromatic heterocycles. The number of anilines is 2. The molecule has 1 heterocycles. The number of carbonyl (C=O) groups excluding carboxylic acids is 1. The fraction of sp³-hybridized carbons (Fsp3) is 0.276. The van der Waals surface area contributed by atoms with Crippen molar-refractivity contribution in [1.29, 1.82) is 0 Å². The highest BCUT2D eigenvalue weighted by Crippen LogP contribution is 2.48. The number of rotatable bonds is 12. The van der Waals surface area contributed by atoms with E-state index in [0.717, 1.165) is 30.8 Å². The predicted molar refractivity (Wildman–Crippen MR) is 151 cm³/mol. The monoisotopic (exact) mass is 519 g/mol. The summed E-state index contributed by atoms with van der Waals surface area (Å²) in [6.45, 7) is 8.01. The van der Waals surface area contributed by atoms with Gasteiger partial charge in [0.15, 0.2) is 0 Å². The molecule has 0 aliphatic carbocycles. The lowest BCUT2D eigenvalue weighted by Gasteiger charge is -2.18. The Morgan fingerprint density at radius 2 is 1.62 bits per heavy atom. The summed E-state index contributed by atoms with van der Waals surface area (Å²) >= 11 is 0. The van der Waals surface area contributed by atoms with Gasteiger partial charge in [-0.3, -0.25) is 9.36 Å². The summed E-state index contributed by atoms with van der Waals surface area (Å²) in [5.74, 6) is -0.233. The molecule has 0 saturated heterocycles. The van der Waals surface area contributed by atoms with Crippen LogP contribution in [-0.2, 0) is 24.8 Å². The maximum absolute atomic E-state index is 13.5. The van der Waals surface area contributed by atoms with Crippen LogP contribution in [-0.4, -0.2) is 32.2 Å². The van der Waals surface area contributed by atoms with Gasteiger partial charge < -0.3 is 25.0 Å². The summed E-state index contributed by atoms with van der Waals surface area (Å²) in [5.41, 5.74) is 5.39. The molecule has 0 saturated carbocycles. The third kappa shape index (κ3) is 6.20. The Kier molecular flexibility index (Phi) is 8.95. The first-order valence-corrected chi connectivity index (χ1v) is 14.2. The third-order valence-corrected chi connectivity index (χ3v) is 8.15. The number of benzene rings is 3. The van der Waals surface area contributed by atoms with Crippen LogP contribution in [0.1, 0.15) is 37.5 Å². The standard InChI is InChI=1S/C29H34N3O4P/c1-4-30-19-18-21-12-14-23(15-13-21)31-28(22-10-8-7-9-11-22)27-25-20-24(16-17-26(25)32-29(27)33)37(34,35-5-2)36-6-3/h7-17,20,30-31H,4-6,18-19H2,1-3H3,(H,32,33). The largest absolute Gasteiger partial charge is 0.361 e. The van der Waals surface area contributed by atoms with Gasteiger partial charge in [-0.05, 0) is 74.8 Å². The second-order valence-electron chi connectivity index (χ2n) is 8.56. The number of nitrogens with one attached hydrogen (secondary N) is 3. The van der Waals surface area contributed by atoms with E-state index in [9.17, 15) is 9.36 Å². The molecule has 1 aliphatic rings. The Bertz CT molecular complexity index is 1300. The first-order valence-electron chi connectivity index (χ1n) is 12.7. The van der Waals surface area contributed by atoms with E-state index in [1.807, 2.05) is 42.5 Å². The van der Waals surface area contributed by atoms with Crippen molar-refractivity contribution < 1.29 is 18.4 Å². The van der Waals surface area contributed by atoms with Crippen LogP contribution in [0.25, 0.3) is 11.3 Å². The quantitative estimate of drug-likeness (QED) is 0.163. The van der Waals surface area contributed by atoms with Crippen LogP contribution < -0.4 is 21.3 Å². The van der Waals surface area contributed by atoms with Crippen LogP contribution in [0, 0.1) is 0 Å². The normalized spacial score (nSPS) is 14.3. The summed E-state index contributed by atoms with van der Waals surface area (Å²) in [4.78, 5) is 13.3. The average Bonchev–Trinajstić information content (AvgIpc) is 3.24. The number of likely N-dealkylation sites (N-methyl/N-ethyl adjacent to an activating group) is 1. The van der Waals surface area contributed by atoms with Crippen LogP contribution >= 0.6 is 7.60 Å². The molecule has 4 rings (SSSR count). The molecular formula is C29H34N3O4P. The number of amides is 1. The Morgan fingerprint density at radius 1 is 0.919 bits per heavy atom. The van der Waals surface area contributed by atoms with Crippen molar-refractivity contribution >= 4 is 41.5 Å². The van der Waals surface area contributed by atoms with Gasteiger partial charge in [0.05, 0.1) is 29.8 Å². The molecule has 0 spiro atoms. The highest BCUT2D eigenvalue weighted by Gasteiger charge is 2.33. The van der Waals surface area contributed by atoms with E-state index in [2.05, 4.69) is 35.0 Å². The summed E-state index contributed by atoms with van der Waals surface area (Å²) in [7, 11) is -3.52. The van der Waals surface area contributed by atoms with Crippen LogP contribution in [0.3, 0.4) is 0 Å². The van der Waals surface area contributed by atoms with Gasteiger partial charge in [-0.25, -0.2) is 0 Å². The van der Waals surface area contributed by atoms with Crippen LogP contribution in [0.4, 0.5) is 11.4 Å². The first kappa shape index (κ1) is 26.8. The van der Waals surface area contributed by atoms with Crippen molar-refractivity contribution in [3.63, 3.8) is 0 Å². The maximum atomic E-state index is 13.5. The lowest BCUT2D eigenvalue weighted by molar-refractivity contribution is -0.110. The lowest BCUT2D eigenvalue weighted by Crippen LogP contribution is -2.16. The van der Waals surface area contributed by atoms with E-state index in [4.69, 9.17) is 9.05 Å². The molecule has 0 fully saturated rings. The van der Waals surface area contributed by atoms with Crippen LogP contribution in [0.5, 0.6) is 0 Å². The molecule has 0 bridgehead atoms. The van der Waals surface area contributed by atoms with Gasteiger partial charge >= 0.3 is 7.60 Å². The molecule has 1 aliphatic heterocycles. The number of hydrogen-bond donors (Lipinski definition) is 3. The molecule has 0 atom stereocenters. The molecule has 3 N–H and O–H groups in total. The zero-order valence-electron chi connectivity index (χ0n) is 21.5. The summed E-state index contributed by atoms with van der Waals surface area (Å²) in [6, 6.07) is 23.1. The van der Waals surface area contributed by atoms with Gasteiger partial charge in [-0.15, -0.1) is 0 Å². The van der Waals surface area contributed by atoms with E-state index in [1.165, 1.54) is 5.56 Å². The summed E-state index contributed by atoms with van der Waals surface area (Å²) < 4.78 is 24.6. The van der Waals surface area contributed by atoms with Crippen molar-refractivity contribution in [3.8, 4) is 0 Å². The van der Waals surface area contributed by atoms with Crippen molar-refractivity contribution in [2.24, 2.45) is 0 Å². The van der Waals surface area contributed by atoms with E-state index in [0.29, 0.717) is 27.8 Å². The zero-order valence-corrected chi connectivity index (χ0v) is 22.4. The van der Waals surface area contributed by atoms with Crippen molar-refractivity contribution in [2.75, 3.05) is 36.9 Å². The highest BCUT2D eigenvalue weighted by molar-refractivity contribution is 7.62. The predicted octanol–water partition coefficient (Wildman–Crippen LogP) is 5.66. The Hall–Kier alpha value is -3.22. The summed E-state index contributed by atoms with van der Waals surface area (Å²) in [6.07, 6.45) is 0.943. The van der Waals surface area contributed by atoms with E-state index < -0.39 is 7.60 Å². The van der Waals surface area contributed by atoms with Crippen LogP contribution in [0.2, 0.25) is 0 Å². The highest BCUT2D eigenvalue weighted by atomic mass is 31.2. The molecule has 8 heteroatoms. The fourth-order valence-electron chi connectivity index (χ4n) is 4.29. The molecular weight excluding hydrogens is 485 g/mol. The number of fused-ring (bicyclic) bond motifs is 1. The van der Waals surface area contributed by atoms with Crippen LogP contribution in [0.15, 0.2) is 72.8 Å². The van der Waals surface area contributed by atoms with Gasteiger partial charge in [0.2, 0.25) is 0 Å². The molecule has 7 nitrogen and oxygen atoms in total. The lowest BCUT2D eigenvalue weighted by atomic mass is 10.00. The van der Waals surface area contributed by atoms with Gasteiger partial charge in [-0.2, -0.15) is 0 Å². The number of hydrogen-bond acceptors (Lipinski definition) is 6. The van der Waals surface area contributed by atoms with Crippen molar-refractivity contribution in [3.05, 3.63) is 89.5 Å². The van der Waals surface area contributed by atoms with Gasteiger partial charge in [-0.1, -0.05) is 49.4 Å². The number of carbonyl (C=O) groups is 1. The van der Waals surface area contributed by atoms with E-state index in [1.54, 1.807) is 32.0 Å². The van der Waals surface area contributed by atoms with E-state index >= 15 is 0 Å². The summed E-state index contributed by atoms with van der Waals surface area (Å²) in [5, 5.41) is 10.2. The molecule has 3 aromatic rings. The minimum Gasteiger partial charge on any atom is -0.354 e. The van der Waals surface area contributed by atoms with Crippen molar-refractivity contribution in [2.45, 2.75) is 27.2 Å². The molecule has 194 valence electrons. The third-order valence-electron chi connectivity index (χ3n) is 6.04. The Labute approximate surface area is 218 Å². The Morgan fingerprint density at radius 3 is 2.27 bits per heavy atom. The Balaban J connectivity index is 1.77. The molecule has 0 unspecified atom stereocenters. The first-order chi connectivity index (χ1) is 18.0. The average molecular weight is 520 g/mol. The SMILES string of the molecule is CCNCCc1ccc(NC(=C2C(=O)Nc3ccc(P(=O)(OCC)OCC)cc32)c2ccccc2)cc1. The smallest absolute Gasteiger partial charge is 0.354 e. The zero-order chi connectivity index (χ0) is 26.3.